The molecule has 0 bridgehead atoms. The third-order valence-corrected chi connectivity index (χ3v) is 12.7. The van der Waals surface area contributed by atoms with E-state index < -0.39 is 144 Å². The summed E-state index contributed by atoms with van der Waals surface area (Å²) in [5.74, 6) is -69.7. The highest BCUT2D eigenvalue weighted by Crippen LogP contribution is 2.38. The Kier molecular flexibility index (Phi) is 13.9. The minimum atomic E-state index is -7.22. The minimum Gasteiger partial charge on any atom is -0.404 e. The number of hydrogen-bond donors (Lipinski definition) is 0. The van der Waals surface area contributed by atoms with Gasteiger partial charge in [0.15, 0.2) is 82.5 Å². The van der Waals surface area contributed by atoms with Crippen LogP contribution in [0.25, 0.3) is 32.3 Å². The van der Waals surface area contributed by atoms with E-state index in [4.69, 9.17) is 4.74 Å². The third-order valence-electron chi connectivity index (χ3n) is 12.7. The van der Waals surface area contributed by atoms with Crippen molar-refractivity contribution < 1.29 is 97.1 Å². The van der Waals surface area contributed by atoms with Crippen molar-refractivity contribution in [3.63, 3.8) is 0 Å². The van der Waals surface area contributed by atoms with E-state index in [1.165, 1.54) is 21.7 Å². The number of hydrogen-bond acceptors (Lipinski definition) is 1. The molecular formula is C54H22BF20NO. The molecule has 1 aromatic heterocycles. The summed E-state index contributed by atoms with van der Waals surface area (Å²) in [7, 11) is 0. The summed E-state index contributed by atoms with van der Waals surface area (Å²) < 4.78 is 303. The molecule has 392 valence electrons. The molecule has 0 aliphatic rings. The van der Waals surface area contributed by atoms with Crippen molar-refractivity contribution >= 4 is 60.3 Å². The topological polar surface area (TPSA) is 13.1 Å². The van der Waals surface area contributed by atoms with Crippen molar-refractivity contribution in [3.05, 3.63) is 243 Å². The molecule has 0 fully saturated rings. The summed E-state index contributed by atoms with van der Waals surface area (Å²) >= 11 is 0. The molecule has 0 amide bonds. The van der Waals surface area contributed by atoms with Gasteiger partial charge in [0, 0.05) is 17.0 Å². The van der Waals surface area contributed by atoms with E-state index in [1.54, 1.807) is 0 Å². The second-order valence-corrected chi connectivity index (χ2v) is 16.9. The number of benzene rings is 9. The lowest BCUT2D eigenvalue weighted by Gasteiger charge is -2.44. The molecule has 10 aromatic rings. The fraction of sp³-hybridized carbons (Fsp3) is 0.0185. The first-order chi connectivity index (χ1) is 36.6. The van der Waals surface area contributed by atoms with Crippen molar-refractivity contribution in [1.29, 1.82) is 0 Å². The summed E-state index contributed by atoms with van der Waals surface area (Å²) in [6.07, 6.45) is -5.10. The fourth-order valence-corrected chi connectivity index (χ4v) is 9.33. The maximum Gasteiger partial charge on any atom is 0.381 e. The number of fused-ring (bicyclic) bond motifs is 4. The predicted molar refractivity (Wildman–Crippen MR) is 240 cm³/mol. The normalized spacial score (nSPS) is 11.7. The number of nitrogens with zero attached hydrogens (tertiary/aromatic N) is 1. The zero-order valence-electron chi connectivity index (χ0n) is 37.7. The van der Waals surface area contributed by atoms with Crippen LogP contribution in [0.5, 0.6) is 11.6 Å². The van der Waals surface area contributed by atoms with Crippen LogP contribution < -0.4 is 31.2 Å². The number of pyridine rings is 1. The molecule has 1 heterocycles. The molecular weight excluding hydrogens is 1070 g/mol. The molecule has 2 nitrogen and oxygen atoms in total. The molecule has 0 aliphatic heterocycles. The van der Waals surface area contributed by atoms with Crippen LogP contribution in [-0.4, -0.2) is 6.15 Å². The summed E-state index contributed by atoms with van der Waals surface area (Å²) in [5.41, 5.74) is -13.1. The molecule has 0 aliphatic carbocycles. The molecule has 0 radical (unpaired) electrons. The van der Waals surface area contributed by atoms with Gasteiger partial charge in [0.2, 0.25) is 0 Å². The molecule has 0 N–H and O–H groups in total. The van der Waals surface area contributed by atoms with Gasteiger partial charge in [-0.3, -0.25) is 0 Å². The van der Waals surface area contributed by atoms with Gasteiger partial charge in [0.25, 0.3) is 0 Å². The molecule has 9 aromatic carbocycles. The van der Waals surface area contributed by atoms with Crippen LogP contribution in [0.2, 0.25) is 0 Å². The standard InChI is InChI=1S/C30H22NO.C24BF20/c1-2-10-22(11-3-1)21-31-19-18-23-12-4-7-15-26(23)30(31)32-29-20-24-13-5-6-14-25(24)27-16-8-9-17-28(27)29;26-5-1(6(27)14(35)21(42)13(5)34)25(2-7(28)15(36)22(43)16(37)8(2)29,3-9(30)17(38)23(44)18(39)10(3)31)4-11(32)19(40)24(45)20(41)12(4)33/h1-20H,21H2;/q+1;-1. The first-order valence-corrected chi connectivity index (χ1v) is 21.8. The van der Waals surface area contributed by atoms with Gasteiger partial charge in [-0.15, -0.1) is 21.9 Å². The summed E-state index contributed by atoms with van der Waals surface area (Å²) in [6.45, 7) is 0.743. The molecule has 23 heteroatoms. The van der Waals surface area contributed by atoms with Crippen molar-refractivity contribution in [1.82, 2.24) is 0 Å². The van der Waals surface area contributed by atoms with E-state index in [0.29, 0.717) is 0 Å². The Morgan fingerprint density at radius 3 is 1.01 bits per heavy atom. The van der Waals surface area contributed by atoms with Crippen molar-refractivity contribution in [2.75, 3.05) is 0 Å². The number of ether oxygens (including phenoxy) is 1. The largest absolute Gasteiger partial charge is 0.404 e. The van der Waals surface area contributed by atoms with Gasteiger partial charge >= 0.3 is 5.88 Å². The van der Waals surface area contributed by atoms with E-state index in [2.05, 4.69) is 120 Å². The second-order valence-electron chi connectivity index (χ2n) is 16.9. The van der Waals surface area contributed by atoms with E-state index >= 15 is 35.1 Å². The monoisotopic (exact) mass is 1090 g/mol. The molecule has 0 unspecified atom stereocenters. The lowest BCUT2D eigenvalue weighted by molar-refractivity contribution is -0.690. The van der Waals surface area contributed by atoms with E-state index in [9.17, 15) is 52.7 Å². The third kappa shape index (κ3) is 8.38. The van der Waals surface area contributed by atoms with Crippen molar-refractivity contribution in [3.8, 4) is 11.6 Å². The molecule has 0 spiro atoms. The lowest BCUT2D eigenvalue weighted by atomic mass is 9.12. The van der Waals surface area contributed by atoms with Crippen LogP contribution >= 0.6 is 0 Å². The van der Waals surface area contributed by atoms with Crippen LogP contribution in [0.4, 0.5) is 87.8 Å². The zero-order chi connectivity index (χ0) is 55.7. The Morgan fingerprint density at radius 1 is 0.299 bits per heavy atom. The van der Waals surface area contributed by atoms with E-state index in [-0.39, 0.29) is 0 Å². The molecule has 0 saturated heterocycles. The van der Waals surface area contributed by atoms with E-state index in [1.807, 2.05) is 6.07 Å². The molecule has 77 heavy (non-hydrogen) atoms. The highest BCUT2D eigenvalue weighted by molar-refractivity contribution is 7.20. The van der Waals surface area contributed by atoms with Gasteiger partial charge in [0.05, 0.1) is 5.39 Å². The van der Waals surface area contributed by atoms with Crippen molar-refractivity contribution in [2.45, 2.75) is 6.54 Å². The van der Waals surface area contributed by atoms with Crippen LogP contribution in [0.15, 0.2) is 121 Å². The average molecular weight is 1090 g/mol. The van der Waals surface area contributed by atoms with Crippen LogP contribution in [0.1, 0.15) is 5.56 Å². The minimum absolute atomic E-state index is 0.743. The second kappa shape index (κ2) is 20.1. The smallest absolute Gasteiger partial charge is 0.381 e. The van der Waals surface area contributed by atoms with Gasteiger partial charge in [-0.05, 0) is 33.7 Å². The van der Waals surface area contributed by atoms with Gasteiger partial charge < -0.3 is 4.74 Å². The Morgan fingerprint density at radius 2 is 0.610 bits per heavy atom. The fourth-order valence-electron chi connectivity index (χ4n) is 9.33. The maximum absolute atomic E-state index is 15.4. The average Bonchev–Trinajstić information content (AvgIpc) is 3.59. The Balaban J connectivity index is 0.000000197. The van der Waals surface area contributed by atoms with Gasteiger partial charge in [-0.1, -0.05) is 97.1 Å². The Bertz CT molecular complexity index is 3680. The summed E-state index contributed by atoms with van der Waals surface area (Å²) in [6, 6.07) is 40.2. The molecule has 10 rings (SSSR count). The lowest BCUT2D eigenvalue weighted by Crippen LogP contribution is -2.81. The maximum atomic E-state index is 15.4. The van der Waals surface area contributed by atoms with Crippen LogP contribution in [0.3, 0.4) is 0 Å². The van der Waals surface area contributed by atoms with Crippen LogP contribution in [-0.2, 0) is 6.54 Å². The van der Waals surface area contributed by atoms with Crippen molar-refractivity contribution in [2.24, 2.45) is 0 Å². The first-order valence-electron chi connectivity index (χ1n) is 21.8. The molecule has 0 atom stereocenters. The quantitative estimate of drug-likeness (QED) is 0.0369. The van der Waals surface area contributed by atoms with Gasteiger partial charge in [0.1, 0.15) is 58.4 Å². The summed E-state index contributed by atoms with van der Waals surface area (Å²) in [5, 5.41) is 7.00. The number of aromatic nitrogens is 1. The number of halogens is 20. The Hall–Kier alpha value is -8.63. The first kappa shape index (κ1) is 53.2. The molecule has 0 saturated carbocycles. The highest BCUT2D eigenvalue weighted by Gasteiger charge is 2.52. The van der Waals surface area contributed by atoms with Gasteiger partial charge in [-0.25, -0.2) is 87.8 Å². The summed E-state index contributed by atoms with van der Waals surface area (Å²) in [4.78, 5) is 0. The Labute approximate surface area is 418 Å². The highest BCUT2D eigenvalue weighted by atomic mass is 19.2. The van der Waals surface area contributed by atoms with E-state index in [0.717, 1.165) is 34.3 Å². The van der Waals surface area contributed by atoms with Gasteiger partial charge in [-0.2, -0.15) is 4.57 Å². The number of rotatable bonds is 8. The zero-order valence-corrected chi connectivity index (χ0v) is 37.7. The van der Waals surface area contributed by atoms with Crippen LogP contribution in [0, 0.1) is 116 Å². The predicted octanol–water partition coefficient (Wildman–Crippen LogP) is 13.1. The SMILES string of the molecule is Fc1c(F)c(F)c([B-](c2c(F)c(F)c(F)c(F)c2F)(c2c(F)c(F)c(F)c(F)c2F)c2c(F)c(F)c(F)c(F)c2F)c(F)c1F.c1ccc(C[n+]2ccc3ccccc3c2Oc2cc3ccccc3c3ccccc23)cc1.